The van der Waals surface area contributed by atoms with Crippen molar-refractivity contribution in [3.05, 3.63) is 242 Å². The molecule has 11 rings (SSSR count). The van der Waals surface area contributed by atoms with Crippen molar-refractivity contribution in [3.8, 4) is 101 Å². The molecule has 0 fully saturated rings. The van der Waals surface area contributed by atoms with Crippen LogP contribution >= 0.6 is 0 Å². The van der Waals surface area contributed by atoms with Crippen molar-refractivity contribution in [2.24, 2.45) is 0 Å². The summed E-state index contributed by atoms with van der Waals surface area (Å²) in [5.74, 6) is 0. The maximum absolute atomic E-state index is 5.13. The van der Waals surface area contributed by atoms with Crippen LogP contribution in [0, 0.1) is 0 Å². The highest BCUT2D eigenvalue weighted by Gasteiger charge is 2.35. The van der Waals surface area contributed by atoms with Gasteiger partial charge in [0.15, 0.2) is 0 Å². The summed E-state index contributed by atoms with van der Waals surface area (Å²) in [6.45, 7) is 4.71. The van der Waals surface area contributed by atoms with Crippen LogP contribution in [-0.4, -0.2) is 9.97 Å². The molecule has 0 radical (unpaired) electrons. The second-order valence-electron chi connectivity index (χ2n) is 17.0. The molecule has 10 aromatic rings. The summed E-state index contributed by atoms with van der Waals surface area (Å²) in [4.78, 5) is 10.3. The van der Waals surface area contributed by atoms with E-state index in [9.17, 15) is 0 Å². The van der Waals surface area contributed by atoms with Crippen LogP contribution in [0.4, 0.5) is 0 Å². The Morgan fingerprint density at radius 3 is 0.825 bits per heavy atom. The highest BCUT2D eigenvalue weighted by molar-refractivity contribution is 5.89. The van der Waals surface area contributed by atoms with E-state index in [1.54, 1.807) is 0 Å². The summed E-state index contributed by atoms with van der Waals surface area (Å²) in [7, 11) is 0. The Balaban J connectivity index is 0.965. The molecular weight excluding hydrogens is 761 g/mol. The molecule has 1 aliphatic rings. The van der Waals surface area contributed by atoms with Crippen LogP contribution in [0.2, 0.25) is 0 Å². The average molecular weight is 805 g/mol. The minimum Gasteiger partial charge on any atom is -0.248 e. The Labute approximate surface area is 369 Å². The van der Waals surface area contributed by atoms with Crippen LogP contribution in [-0.2, 0) is 5.41 Å². The van der Waals surface area contributed by atoms with Gasteiger partial charge in [-0.1, -0.05) is 196 Å². The number of pyridine rings is 2. The van der Waals surface area contributed by atoms with E-state index in [1.165, 1.54) is 44.5 Å². The largest absolute Gasteiger partial charge is 0.248 e. The zero-order chi connectivity index (χ0) is 42.3. The third-order valence-corrected chi connectivity index (χ3v) is 12.7. The molecule has 2 heteroatoms. The normalized spacial score (nSPS) is 12.4. The fraction of sp³-hybridized carbons (Fsp3) is 0.0492. The number of hydrogen-bond donors (Lipinski definition) is 0. The van der Waals surface area contributed by atoms with Gasteiger partial charge in [0.2, 0.25) is 0 Å². The van der Waals surface area contributed by atoms with Gasteiger partial charge in [0, 0.05) is 27.7 Å². The SMILES string of the molecule is CC1(C)c2ccc(-c3cccc(-c4cc(-c5ccccc5)nc(-c5ccccc5)c4)c3)cc2-c2cc(-c3cccc(-c4cc(-c5ccccc5)nc(-c5ccccc5)c4)c3)ccc21. The van der Waals surface area contributed by atoms with Crippen LogP contribution in [0.1, 0.15) is 25.0 Å². The van der Waals surface area contributed by atoms with Gasteiger partial charge in [-0.3, -0.25) is 0 Å². The molecule has 0 spiro atoms. The van der Waals surface area contributed by atoms with E-state index < -0.39 is 0 Å². The topological polar surface area (TPSA) is 25.8 Å². The quantitative estimate of drug-likeness (QED) is 0.153. The van der Waals surface area contributed by atoms with Gasteiger partial charge in [0.05, 0.1) is 22.8 Å². The first-order valence-corrected chi connectivity index (χ1v) is 21.7. The number of benzene rings is 8. The summed E-state index contributed by atoms with van der Waals surface area (Å²) in [6.07, 6.45) is 0. The lowest BCUT2D eigenvalue weighted by Gasteiger charge is -2.21. The monoisotopic (exact) mass is 804 g/mol. The fourth-order valence-corrected chi connectivity index (χ4v) is 9.31. The van der Waals surface area contributed by atoms with Gasteiger partial charge < -0.3 is 0 Å². The number of fused-ring (bicyclic) bond motifs is 3. The zero-order valence-corrected chi connectivity index (χ0v) is 35.3. The summed E-state index contributed by atoms with van der Waals surface area (Å²) >= 11 is 0. The molecule has 0 aliphatic heterocycles. The Morgan fingerprint density at radius 2 is 0.508 bits per heavy atom. The van der Waals surface area contributed by atoms with Gasteiger partial charge in [-0.05, 0) is 115 Å². The molecule has 2 heterocycles. The predicted molar refractivity (Wildman–Crippen MR) is 263 cm³/mol. The Morgan fingerprint density at radius 1 is 0.238 bits per heavy atom. The van der Waals surface area contributed by atoms with Gasteiger partial charge in [0.25, 0.3) is 0 Å². The van der Waals surface area contributed by atoms with Gasteiger partial charge >= 0.3 is 0 Å². The highest BCUT2D eigenvalue weighted by atomic mass is 14.7. The van der Waals surface area contributed by atoms with E-state index in [0.717, 1.165) is 67.3 Å². The summed E-state index contributed by atoms with van der Waals surface area (Å²) in [5.41, 5.74) is 22.8. The molecule has 0 bridgehead atoms. The third kappa shape index (κ3) is 7.26. The second-order valence-corrected chi connectivity index (χ2v) is 17.0. The van der Waals surface area contributed by atoms with E-state index >= 15 is 0 Å². The zero-order valence-electron chi connectivity index (χ0n) is 35.3. The van der Waals surface area contributed by atoms with Crippen molar-refractivity contribution in [2.75, 3.05) is 0 Å². The van der Waals surface area contributed by atoms with Crippen LogP contribution in [0.5, 0.6) is 0 Å². The molecule has 2 aromatic heterocycles. The molecule has 8 aromatic carbocycles. The molecule has 0 N–H and O–H groups in total. The van der Waals surface area contributed by atoms with Gasteiger partial charge in [-0.15, -0.1) is 0 Å². The maximum Gasteiger partial charge on any atom is 0.0715 e. The summed E-state index contributed by atoms with van der Waals surface area (Å²) in [5, 5.41) is 0. The van der Waals surface area contributed by atoms with Crippen molar-refractivity contribution in [1.82, 2.24) is 9.97 Å². The molecule has 63 heavy (non-hydrogen) atoms. The Bertz CT molecular complexity index is 2940. The van der Waals surface area contributed by atoms with E-state index in [-0.39, 0.29) is 5.41 Å². The minimum absolute atomic E-state index is 0.122. The first-order chi connectivity index (χ1) is 30.9. The van der Waals surface area contributed by atoms with Crippen LogP contribution in [0.25, 0.3) is 101 Å². The molecule has 2 nitrogen and oxygen atoms in total. The van der Waals surface area contributed by atoms with Crippen molar-refractivity contribution in [3.63, 3.8) is 0 Å². The Kier molecular flexibility index (Phi) is 9.55. The second kappa shape index (κ2) is 15.8. The highest BCUT2D eigenvalue weighted by Crippen LogP contribution is 2.51. The third-order valence-electron chi connectivity index (χ3n) is 12.7. The summed E-state index contributed by atoms with van der Waals surface area (Å²) in [6, 6.07) is 82.8. The molecule has 0 amide bonds. The molecule has 0 saturated heterocycles. The van der Waals surface area contributed by atoms with E-state index in [1.807, 2.05) is 0 Å². The number of rotatable bonds is 8. The van der Waals surface area contributed by atoms with Crippen LogP contribution in [0.15, 0.2) is 231 Å². The van der Waals surface area contributed by atoms with E-state index in [2.05, 4.69) is 244 Å². The maximum atomic E-state index is 5.13. The molecular formula is C61H44N2. The van der Waals surface area contributed by atoms with E-state index in [0.29, 0.717) is 0 Å². The van der Waals surface area contributed by atoms with Crippen molar-refractivity contribution in [2.45, 2.75) is 19.3 Å². The fourth-order valence-electron chi connectivity index (χ4n) is 9.31. The molecule has 0 unspecified atom stereocenters. The van der Waals surface area contributed by atoms with Gasteiger partial charge in [-0.25, -0.2) is 9.97 Å². The predicted octanol–water partition coefficient (Wildman–Crippen LogP) is 16.1. The molecule has 0 atom stereocenters. The molecule has 298 valence electrons. The standard InChI is InChI=1S/C61H44N2/c1-61(2)55-31-29-49(45-25-15-27-47(33-45)51-37-57(41-17-7-3-8-18-41)62-58(38-51)42-19-9-4-10-20-42)35-53(55)54-36-50(30-32-56(54)61)46-26-16-28-48(34-46)52-39-59(43-21-11-5-12-22-43)63-60(40-52)44-23-13-6-14-24-44/h3-40H,1-2H3. The molecule has 1 aliphatic carbocycles. The number of aromatic nitrogens is 2. The van der Waals surface area contributed by atoms with Crippen LogP contribution in [0.3, 0.4) is 0 Å². The smallest absolute Gasteiger partial charge is 0.0715 e. The first-order valence-electron chi connectivity index (χ1n) is 21.7. The summed E-state index contributed by atoms with van der Waals surface area (Å²) < 4.78 is 0. The number of hydrogen-bond acceptors (Lipinski definition) is 2. The van der Waals surface area contributed by atoms with Crippen molar-refractivity contribution < 1.29 is 0 Å². The van der Waals surface area contributed by atoms with Gasteiger partial charge in [0.1, 0.15) is 0 Å². The van der Waals surface area contributed by atoms with Crippen molar-refractivity contribution >= 4 is 0 Å². The lowest BCUT2D eigenvalue weighted by Crippen LogP contribution is -2.14. The lowest BCUT2D eigenvalue weighted by molar-refractivity contribution is 0.660. The lowest BCUT2D eigenvalue weighted by atomic mass is 9.82. The molecule has 0 saturated carbocycles. The first kappa shape index (κ1) is 38.0. The van der Waals surface area contributed by atoms with Gasteiger partial charge in [-0.2, -0.15) is 0 Å². The minimum atomic E-state index is -0.122. The van der Waals surface area contributed by atoms with Crippen LogP contribution < -0.4 is 0 Å². The number of nitrogens with zero attached hydrogens (tertiary/aromatic N) is 2. The van der Waals surface area contributed by atoms with E-state index in [4.69, 9.17) is 9.97 Å². The van der Waals surface area contributed by atoms with Crippen molar-refractivity contribution in [1.29, 1.82) is 0 Å². The average Bonchev–Trinajstić information content (AvgIpc) is 3.59. The Hall–Kier alpha value is -7.94.